The summed E-state index contributed by atoms with van der Waals surface area (Å²) in [6.07, 6.45) is 0.381. The summed E-state index contributed by atoms with van der Waals surface area (Å²) >= 11 is 0. The van der Waals surface area contributed by atoms with Gasteiger partial charge in [-0.1, -0.05) is 0 Å². The molecule has 0 atom stereocenters. The van der Waals surface area contributed by atoms with E-state index in [-0.39, 0.29) is 0 Å². The maximum absolute atomic E-state index is 8.95. The lowest BCUT2D eigenvalue weighted by Crippen LogP contribution is -1.92. The first kappa shape index (κ1) is 12.3. The van der Waals surface area contributed by atoms with Crippen LogP contribution in [-0.2, 0) is 13.5 Å². The third-order valence-corrected chi connectivity index (χ3v) is 3.37. The molecule has 0 saturated carbocycles. The van der Waals surface area contributed by atoms with E-state index in [1.54, 1.807) is 14.2 Å². The van der Waals surface area contributed by atoms with Crippen LogP contribution in [0.25, 0.3) is 10.9 Å². The molecule has 18 heavy (non-hydrogen) atoms. The maximum atomic E-state index is 8.95. The van der Waals surface area contributed by atoms with E-state index in [9.17, 15) is 0 Å². The molecular formula is C14H16N2O2. The minimum Gasteiger partial charge on any atom is -0.497 e. The second kappa shape index (κ2) is 4.61. The van der Waals surface area contributed by atoms with Crippen LogP contribution in [0.3, 0.4) is 0 Å². The molecule has 0 aliphatic heterocycles. The van der Waals surface area contributed by atoms with Crippen molar-refractivity contribution < 1.29 is 9.47 Å². The molecule has 1 heterocycles. The van der Waals surface area contributed by atoms with Gasteiger partial charge in [-0.2, -0.15) is 5.26 Å². The molecule has 0 bridgehead atoms. The van der Waals surface area contributed by atoms with Crippen molar-refractivity contribution in [1.82, 2.24) is 4.57 Å². The summed E-state index contributed by atoms with van der Waals surface area (Å²) in [7, 11) is 5.25. The van der Waals surface area contributed by atoms with Gasteiger partial charge in [0, 0.05) is 30.3 Å². The highest BCUT2D eigenvalue weighted by molar-refractivity contribution is 5.92. The number of benzene rings is 1. The second-order valence-electron chi connectivity index (χ2n) is 4.18. The zero-order valence-corrected chi connectivity index (χ0v) is 11.1. The summed E-state index contributed by atoms with van der Waals surface area (Å²) in [5, 5.41) is 9.95. The van der Waals surface area contributed by atoms with Crippen LogP contribution in [0.1, 0.15) is 11.3 Å². The van der Waals surface area contributed by atoms with Crippen LogP contribution in [0.5, 0.6) is 11.5 Å². The fourth-order valence-corrected chi connectivity index (χ4v) is 2.28. The number of aromatic nitrogens is 1. The Morgan fingerprint density at radius 1 is 1.28 bits per heavy atom. The molecule has 0 aliphatic rings. The SMILES string of the molecule is COc1cc(OC)c2c(CC#N)c(C)n(C)c2c1. The summed E-state index contributed by atoms with van der Waals surface area (Å²) in [6, 6.07) is 6.02. The molecule has 2 aromatic rings. The number of ether oxygens (including phenoxy) is 2. The van der Waals surface area contributed by atoms with Gasteiger partial charge in [-0.05, 0) is 12.5 Å². The maximum Gasteiger partial charge on any atom is 0.132 e. The van der Waals surface area contributed by atoms with Gasteiger partial charge in [-0.3, -0.25) is 0 Å². The van der Waals surface area contributed by atoms with E-state index in [0.717, 1.165) is 33.7 Å². The molecule has 1 aromatic carbocycles. The molecule has 0 spiro atoms. The minimum atomic E-state index is 0.381. The predicted molar refractivity (Wildman–Crippen MR) is 70.1 cm³/mol. The van der Waals surface area contributed by atoms with Crippen molar-refractivity contribution >= 4 is 10.9 Å². The van der Waals surface area contributed by atoms with E-state index in [1.165, 1.54) is 0 Å². The molecule has 0 saturated heterocycles. The van der Waals surface area contributed by atoms with Gasteiger partial charge in [-0.15, -0.1) is 0 Å². The van der Waals surface area contributed by atoms with Crippen LogP contribution in [-0.4, -0.2) is 18.8 Å². The molecule has 2 rings (SSSR count). The number of nitrogens with zero attached hydrogens (tertiary/aromatic N) is 2. The molecule has 4 nitrogen and oxygen atoms in total. The molecule has 0 unspecified atom stereocenters. The van der Waals surface area contributed by atoms with Crippen LogP contribution in [0.15, 0.2) is 12.1 Å². The van der Waals surface area contributed by atoms with Crippen molar-refractivity contribution in [2.24, 2.45) is 7.05 Å². The average Bonchev–Trinajstić information content (AvgIpc) is 2.63. The van der Waals surface area contributed by atoms with Gasteiger partial charge in [-0.25, -0.2) is 0 Å². The normalized spacial score (nSPS) is 10.4. The van der Waals surface area contributed by atoms with Gasteiger partial charge < -0.3 is 14.0 Å². The Balaban J connectivity index is 2.87. The average molecular weight is 244 g/mol. The summed E-state index contributed by atoms with van der Waals surface area (Å²) < 4.78 is 12.8. The topological polar surface area (TPSA) is 47.2 Å². The van der Waals surface area contributed by atoms with Crippen molar-refractivity contribution in [2.75, 3.05) is 14.2 Å². The van der Waals surface area contributed by atoms with Crippen LogP contribution < -0.4 is 9.47 Å². The fraction of sp³-hybridized carbons (Fsp3) is 0.357. The molecular weight excluding hydrogens is 228 g/mol. The molecule has 94 valence electrons. The Bertz CT molecular complexity index is 636. The van der Waals surface area contributed by atoms with Gasteiger partial charge in [0.1, 0.15) is 11.5 Å². The summed E-state index contributed by atoms with van der Waals surface area (Å²) in [5.74, 6) is 1.50. The van der Waals surface area contributed by atoms with Gasteiger partial charge in [0.05, 0.1) is 32.2 Å². The standard InChI is InChI=1S/C14H16N2O2/c1-9-11(5-6-15)14-12(16(9)2)7-10(17-3)8-13(14)18-4/h7-8H,5H2,1-4H3. The first-order valence-electron chi connectivity index (χ1n) is 5.70. The fourth-order valence-electron chi connectivity index (χ4n) is 2.28. The number of nitriles is 1. The van der Waals surface area contributed by atoms with E-state index in [4.69, 9.17) is 14.7 Å². The largest absolute Gasteiger partial charge is 0.497 e. The van der Waals surface area contributed by atoms with Crippen molar-refractivity contribution in [1.29, 1.82) is 5.26 Å². The summed E-state index contributed by atoms with van der Waals surface area (Å²) in [4.78, 5) is 0. The molecule has 4 heteroatoms. The lowest BCUT2D eigenvalue weighted by molar-refractivity contribution is 0.397. The number of methoxy groups -OCH3 is 2. The lowest BCUT2D eigenvalue weighted by atomic mass is 10.1. The Morgan fingerprint density at radius 2 is 2.00 bits per heavy atom. The highest BCUT2D eigenvalue weighted by Gasteiger charge is 2.17. The number of hydrogen-bond donors (Lipinski definition) is 0. The molecule has 0 fully saturated rings. The molecule has 1 aromatic heterocycles. The number of rotatable bonds is 3. The van der Waals surface area contributed by atoms with Crippen molar-refractivity contribution in [3.05, 3.63) is 23.4 Å². The van der Waals surface area contributed by atoms with Gasteiger partial charge in [0.15, 0.2) is 0 Å². The first-order chi connectivity index (χ1) is 8.63. The minimum absolute atomic E-state index is 0.381. The van der Waals surface area contributed by atoms with Crippen molar-refractivity contribution in [2.45, 2.75) is 13.3 Å². The van der Waals surface area contributed by atoms with E-state index >= 15 is 0 Å². The predicted octanol–water partition coefficient (Wildman–Crippen LogP) is 2.57. The quantitative estimate of drug-likeness (QED) is 0.833. The van der Waals surface area contributed by atoms with E-state index in [2.05, 4.69) is 10.6 Å². The lowest BCUT2D eigenvalue weighted by Gasteiger charge is -2.07. The zero-order chi connectivity index (χ0) is 13.3. The number of fused-ring (bicyclic) bond motifs is 1. The van der Waals surface area contributed by atoms with Crippen LogP contribution >= 0.6 is 0 Å². The van der Waals surface area contributed by atoms with Gasteiger partial charge in [0.25, 0.3) is 0 Å². The molecule has 0 amide bonds. The summed E-state index contributed by atoms with van der Waals surface area (Å²) in [5.41, 5.74) is 3.13. The molecule has 0 N–H and O–H groups in total. The monoisotopic (exact) mass is 244 g/mol. The number of aryl methyl sites for hydroxylation is 1. The van der Waals surface area contributed by atoms with E-state index in [1.807, 2.05) is 26.1 Å². The van der Waals surface area contributed by atoms with Gasteiger partial charge >= 0.3 is 0 Å². The Hall–Kier alpha value is -2.15. The number of hydrogen-bond acceptors (Lipinski definition) is 3. The van der Waals surface area contributed by atoms with Crippen LogP contribution in [0, 0.1) is 18.3 Å². The highest BCUT2D eigenvalue weighted by Crippen LogP contribution is 2.36. The Morgan fingerprint density at radius 3 is 2.56 bits per heavy atom. The molecule has 0 radical (unpaired) electrons. The Labute approximate surface area is 106 Å². The van der Waals surface area contributed by atoms with Crippen LogP contribution in [0.2, 0.25) is 0 Å². The van der Waals surface area contributed by atoms with E-state index < -0.39 is 0 Å². The summed E-state index contributed by atoms with van der Waals surface area (Å²) in [6.45, 7) is 2.01. The first-order valence-corrected chi connectivity index (χ1v) is 5.70. The third-order valence-electron chi connectivity index (χ3n) is 3.37. The van der Waals surface area contributed by atoms with Crippen molar-refractivity contribution in [3.63, 3.8) is 0 Å². The smallest absolute Gasteiger partial charge is 0.132 e. The van der Waals surface area contributed by atoms with E-state index in [0.29, 0.717) is 6.42 Å². The Kier molecular flexibility index (Phi) is 3.15. The van der Waals surface area contributed by atoms with Crippen molar-refractivity contribution in [3.8, 4) is 17.6 Å². The second-order valence-corrected chi connectivity index (χ2v) is 4.18. The third kappa shape index (κ3) is 1.68. The van der Waals surface area contributed by atoms with Crippen LogP contribution in [0.4, 0.5) is 0 Å². The molecule has 0 aliphatic carbocycles. The van der Waals surface area contributed by atoms with Gasteiger partial charge in [0.2, 0.25) is 0 Å². The zero-order valence-electron chi connectivity index (χ0n) is 11.1. The highest BCUT2D eigenvalue weighted by atomic mass is 16.5.